The molecule has 4 rings (SSSR count). The van der Waals surface area contributed by atoms with E-state index in [9.17, 15) is 4.79 Å². The molecule has 28 heavy (non-hydrogen) atoms. The van der Waals surface area contributed by atoms with Crippen molar-refractivity contribution in [2.45, 2.75) is 0 Å². The number of nitrogens with zero attached hydrogens (tertiary/aromatic N) is 3. The van der Waals surface area contributed by atoms with Crippen molar-refractivity contribution < 1.29 is 4.74 Å². The largest absolute Gasteiger partial charge is 0.496 e. The van der Waals surface area contributed by atoms with Crippen molar-refractivity contribution >= 4 is 62.1 Å². The third-order valence-corrected chi connectivity index (χ3v) is 5.68. The Morgan fingerprint density at radius 3 is 2.68 bits per heavy atom. The zero-order valence-electron chi connectivity index (χ0n) is 14.6. The zero-order chi connectivity index (χ0) is 19.7. The first-order chi connectivity index (χ1) is 13.5. The van der Waals surface area contributed by atoms with E-state index in [2.05, 4.69) is 26.0 Å². The average molecular weight is 475 g/mol. The molecule has 0 radical (unpaired) electrons. The molecule has 0 unspecified atom stereocenters. The fraction of sp³-hybridized carbons (Fsp3) is 0.0500. The highest BCUT2D eigenvalue weighted by molar-refractivity contribution is 9.10. The number of ether oxygens (including phenoxy) is 1. The number of rotatable bonds is 4. The highest BCUT2D eigenvalue weighted by Crippen LogP contribution is 2.23. The molecular weight excluding hydrogens is 462 g/mol. The second kappa shape index (κ2) is 7.87. The standard InChI is InChI=1S/C20H13BrClN3O2S/c1-27-16-8-5-14(21)10-13(16)11-17-19(26)25-20(28-17)23-18(24-25)9-4-12-2-6-15(22)7-3-12/h2-11H,1H3. The van der Waals surface area contributed by atoms with Gasteiger partial charge in [0.15, 0.2) is 5.82 Å². The molecule has 4 aromatic rings. The molecule has 0 saturated carbocycles. The average Bonchev–Trinajstić information content (AvgIpc) is 3.21. The number of thiazole rings is 1. The Labute approximate surface area is 177 Å². The molecule has 5 nitrogen and oxygen atoms in total. The van der Waals surface area contributed by atoms with E-state index >= 15 is 0 Å². The highest BCUT2D eigenvalue weighted by Gasteiger charge is 2.10. The molecule has 0 atom stereocenters. The Morgan fingerprint density at radius 2 is 1.96 bits per heavy atom. The molecule has 0 bridgehead atoms. The lowest BCUT2D eigenvalue weighted by molar-refractivity contribution is 0.414. The normalized spacial score (nSPS) is 12.3. The fourth-order valence-electron chi connectivity index (χ4n) is 2.62. The topological polar surface area (TPSA) is 56.5 Å². The van der Waals surface area contributed by atoms with Gasteiger partial charge in [0.25, 0.3) is 5.56 Å². The van der Waals surface area contributed by atoms with Crippen molar-refractivity contribution in [3.8, 4) is 5.75 Å². The maximum absolute atomic E-state index is 12.7. The predicted molar refractivity (Wildman–Crippen MR) is 117 cm³/mol. The second-order valence-corrected chi connectivity index (χ2v) is 8.21. The smallest absolute Gasteiger partial charge is 0.291 e. The van der Waals surface area contributed by atoms with Gasteiger partial charge in [-0.3, -0.25) is 4.79 Å². The molecule has 0 amide bonds. The predicted octanol–water partition coefficient (Wildman–Crippen LogP) is 4.29. The van der Waals surface area contributed by atoms with Crippen LogP contribution in [-0.4, -0.2) is 21.7 Å². The summed E-state index contributed by atoms with van der Waals surface area (Å²) in [6.07, 6.45) is 5.43. The molecule has 0 aliphatic carbocycles. The molecule has 2 aromatic carbocycles. The van der Waals surface area contributed by atoms with Crippen LogP contribution in [0.25, 0.3) is 23.2 Å². The van der Waals surface area contributed by atoms with Crippen molar-refractivity contribution in [2.75, 3.05) is 7.11 Å². The van der Waals surface area contributed by atoms with Crippen LogP contribution in [0.2, 0.25) is 5.02 Å². The first kappa shape index (κ1) is 18.9. The van der Waals surface area contributed by atoms with Crippen molar-refractivity contribution in [1.82, 2.24) is 14.6 Å². The lowest BCUT2D eigenvalue weighted by Crippen LogP contribution is -2.23. The summed E-state index contributed by atoms with van der Waals surface area (Å²) in [4.78, 5) is 17.7. The van der Waals surface area contributed by atoms with E-state index in [0.29, 0.717) is 26.1 Å². The van der Waals surface area contributed by atoms with E-state index < -0.39 is 0 Å². The number of hydrogen-bond acceptors (Lipinski definition) is 5. The molecular formula is C20H13BrClN3O2S. The van der Waals surface area contributed by atoms with Gasteiger partial charge in [0.05, 0.1) is 11.6 Å². The van der Waals surface area contributed by atoms with E-state index in [-0.39, 0.29) is 5.56 Å². The van der Waals surface area contributed by atoms with Crippen molar-refractivity contribution in [1.29, 1.82) is 0 Å². The molecule has 0 saturated heterocycles. The molecule has 0 aliphatic rings. The van der Waals surface area contributed by atoms with Gasteiger partial charge in [-0.05, 0) is 48.0 Å². The van der Waals surface area contributed by atoms with Gasteiger partial charge >= 0.3 is 0 Å². The van der Waals surface area contributed by atoms with Gasteiger partial charge < -0.3 is 4.74 Å². The fourth-order valence-corrected chi connectivity index (χ4v) is 4.03. The van der Waals surface area contributed by atoms with Gasteiger partial charge in [-0.15, -0.1) is 5.10 Å². The van der Waals surface area contributed by atoms with Gasteiger partial charge in [0.2, 0.25) is 4.96 Å². The van der Waals surface area contributed by atoms with Crippen molar-refractivity contribution in [2.24, 2.45) is 0 Å². The van der Waals surface area contributed by atoms with E-state index in [0.717, 1.165) is 15.6 Å². The van der Waals surface area contributed by atoms with E-state index in [1.165, 1.54) is 15.9 Å². The third-order valence-electron chi connectivity index (χ3n) is 3.97. The maximum atomic E-state index is 12.7. The summed E-state index contributed by atoms with van der Waals surface area (Å²) in [5.41, 5.74) is 1.57. The summed E-state index contributed by atoms with van der Waals surface area (Å²) in [6.45, 7) is 0. The van der Waals surface area contributed by atoms with Gasteiger partial charge in [-0.25, -0.2) is 0 Å². The second-order valence-electron chi connectivity index (χ2n) is 5.85. The summed E-state index contributed by atoms with van der Waals surface area (Å²) in [6, 6.07) is 13.0. The number of methoxy groups -OCH3 is 1. The molecule has 2 heterocycles. The van der Waals surface area contributed by atoms with Gasteiger partial charge in [0, 0.05) is 15.1 Å². The third kappa shape index (κ3) is 3.87. The Hall–Kier alpha value is -2.48. The minimum absolute atomic E-state index is 0.208. The van der Waals surface area contributed by atoms with Crippen LogP contribution in [0.5, 0.6) is 5.75 Å². The summed E-state index contributed by atoms with van der Waals surface area (Å²) in [5, 5.41) is 4.98. The van der Waals surface area contributed by atoms with Crippen LogP contribution in [-0.2, 0) is 0 Å². The van der Waals surface area contributed by atoms with E-state index in [4.69, 9.17) is 16.3 Å². The van der Waals surface area contributed by atoms with Gasteiger partial charge in [-0.2, -0.15) is 9.50 Å². The maximum Gasteiger partial charge on any atom is 0.291 e. The van der Waals surface area contributed by atoms with E-state index in [1.54, 1.807) is 19.3 Å². The molecule has 0 N–H and O–H groups in total. The van der Waals surface area contributed by atoms with E-state index in [1.807, 2.05) is 48.5 Å². The lowest BCUT2D eigenvalue weighted by Gasteiger charge is -2.04. The number of hydrogen-bond donors (Lipinski definition) is 0. The SMILES string of the molecule is COc1ccc(Br)cc1C=c1sc2nc(C=Cc3ccc(Cl)cc3)nn2c1=O. The number of halogens is 2. The van der Waals surface area contributed by atoms with Crippen molar-refractivity contribution in [3.05, 3.63) is 83.8 Å². The summed E-state index contributed by atoms with van der Waals surface area (Å²) in [5.74, 6) is 1.16. The minimum atomic E-state index is -0.208. The number of aromatic nitrogens is 3. The Morgan fingerprint density at radius 1 is 1.18 bits per heavy atom. The van der Waals surface area contributed by atoms with Gasteiger partial charge in [-0.1, -0.05) is 57.1 Å². The van der Waals surface area contributed by atoms with Crippen LogP contribution in [0.1, 0.15) is 17.0 Å². The van der Waals surface area contributed by atoms with Crippen LogP contribution in [0.3, 0.4) is 0 Å². The molecule has 0 spiro atoms. The molecule has 0 fully saturated rings. The lowest BCUT2D eigenvalue weighted by atomic mass is 10.2. The number of fused-ring (bicyclic) bond motifs is 1. The Kier molecular flexibility index (Phi) is 5.30. The van der Waals surface area contributed by atoms with Crippen LogP contribution >= 0.6 is 38.9 Å². The monoisotopic (exact) mass is 473 g/mol. The van der Waals surface area contributed by atoms with Crippen molar-refractivity contribution in [3.63, 3.8) is 0 Å². The molecule has 140 valence electrons. The first-order valence-corrected chi connectivity index (χ1v) is 10.2. The first-order valence-electron chi connectivity index (χ1n) is 8.22. The highest BCUT2D eigenvalue weighted by atomic mass is 79.9. The minimum Gasteiger partial charge on any atom is -0.496 e. The molecule has 2 aromatic heterocycles. The van der Waals surface area contributed by atoms with Crippen LogP contribution < -0.4 is 14.8 Å². The summed E-state index contributed by atoms with van der Waals surface area (Å²) in [7, 11) is 1.60. The van der Waals surface area contributed by atoms with Crippen LogP contribution in [0, 0.1) is 0 Å². The van der Waals surface area contributed by atoms with Crippen LogP contribution in [0.4, 0.5) is 0 Å². The summed E-state index contributed by atoms with van der Waals surface area (Å²) >= 11 is 10.6. The Balaban J connectivity index is 1.70. The van der Waals surface area contributed by atoms with Crippen LogP contribution in [0.15, 0.2) is 51.7 Å². The summed E-state index contributed by atoms with van der Waals surface area (Å²) < 4.78 is 8.13. The quantitative estimate of drug-likeness (QED) is 0.443. The zero-order valence-corrected chi connectivity index (χ0v) is 17.8. The van der Waals surface area contributed by atoms with Gasteiger partial charge in [0.1, 0.15) is 5.75 Å². The molecule has 0 aliphatic heterocycles. The number of benzene rings is 2. The molecule has 8 heteroatoms. The Bertz CT molecular complexity index is 1300.